The molecule has 0 unspecified atom stereocenters. The van der Waals surface area contributed by atoms with Crippen molar-refractivity contribution in [2.24, 2.45) is 0 Å². The molecular weight excluding hydrogens is 222 g/mol. The number of fused-ring (bicyclic) bond motifs is 1. The van der Waals surface area contributed by atoms with E-state index in [2.05, 4.69) is 5.32 Å². The first kappa shape index (κ1) is 12.5. The van der Waals surface area contributed by atoms with E-state index in [1.165, 1.54) is 11.3 Å². The van der Waals surface area contributed by atoms with Crippen LogP contribution in [-0.4, -0.2) is 18.1 Å². The number of amides is 1. The van der Waals surface area contributed by atoms with Crippen molar-refractivity contribution in [1.29, 1.82) is 0 Å². The molecule has 1 aromatic carbocycles. The molecule has 1 aromatic heterocycles. The Bertz CT molecular complexity index is 491. The van der Waals surface area contributed by atoms with Crippen LogP contribution in [0.5, 0.6) is 5.75 Å². The zero-order valence-corrected chi connectivity index (χ0v) is 10.4. The molecular formula is C12H15NO2S. The molecule has 0 saturated heterocycles. The fourth-order valence-corrected chi connectivity index (χ4v) is 2.25. The van der Waals surface area contributed by atoms with Crippen molar-refractivity contribution in [2.75, 3.05) is 7.05 Å². The highest BCUT2D eigenvalue weighted by atomic mass is 32.1. The highest BCUT2D eigenvalue weighted by molar-refractivity contribution is 7.17. The Balaban J connectivity index is 0.000000606. The fraction of sp³-hybridized carbons (Fsp3) is 0.250. The molecule has 0 saturated carbocycles. The number of aromatic hydroxyl groups is 1. The molecule has 0 radical (unpaired) electrons. The highest BCUT2D eigenvalue weighted by Crippen LogP contribution is 2.28. The predicted octanol–water partition coefficient (Wildman–Crippen LogP) is 2.99. The minimum absolute atomic E-state index is 0.123. The first-order chi connectivity index (χ1) is 7.72. The van der Waals surface area contributed by atoms with Gasteiger partial charge < -0.3 is 10.4 Å². The Hall–Kier alpha value is -1.55. The normalized spacial score (nSPS) is 9.44. The van der Waals surface area contributed by atoms with Gasteiger partial charge >= 0.3 is 0 Å². The maximum atomic E-state index is 11.4. The molecule has 0 fully saturated rings. The van der Waals surface area contributed by atoms with Gasteiger partial charge in [0, 0.05) is 22.5 Å². The predicted molar refractivity (Wildman–Crippen MR) is 68.2 cm³/mol. The minimum atomic E-state index is -0.123. The summed E-state index contributed by atoms with van der Waals surface area (Å²) in [6.07, 6.45) is 0. The van der Waals surface area contributed by atoms with Gasteiger partial charge in [0.15, 0.2) is 0 Å². The van der Waals surface area contributed by atoms with Crippen LogP contribution in [0, 0.1) is 0 Å². The Morgan fingerprint density at radius 2 is 2.06 bits per heavy atom. The minimum Gasteiger partial charge on any atom is -0.508 e. The smallest absolute Gasteiger partial charge is 0.252 e. The van der Waals surface area contributed by atoms with E-state index in [0.717, 1.165) is 10.1 Å². The summed E-state index contributed by atoms with van der Waals surface area (Å²) in [6, 6.07) is 5.03. The van der Waals surface area contributed by atoms with Crippen LogP contribution in [0.1, 0.15) is 24.2 Å². The molecule has 1 amide bonds. The van der Waals surface area contributed by atoms with E-state index in [0.29, 0.717) is 5.56 Å². The van der Waals surface area contributed by atoms with Gasteiger partial charge in [-0.25, -0.2) is 0 Å². The van der Waals surface area contributed by atoms with Gasteiger partial charge in [-0.2, -0.15) is 0 Å². The van der Waals surface area contributed by atoms with Gasteiger partial charge in [0.2, 0.25) is 0 Å². The van der Waals surface area contributed by atoms with Crippen molar-refractivity contribution in [1.82, 2.24) is 5.32 Å². The zero-order chi connectivity index (χ0) is 12.1. The number of carbonyl (C=O) groups excluding carboxylic acids is 1. The molecule has 0 atom stereocenters. The van der Waals surface area contributed by atoms with E-state index in [4.69, 9.17) is 0 Å². The molecule has 0 bridgehead atoms. The maximum Gasteiger partial charge on any atom is 0.252 e. The summed E-state index contributed by atoms with van der Waals surface area (Å²) < 4.78 is 1.00. The average molecular weight is 237 g/mol. The largest absolute Gasteiger partial charge is 0.508 e. The van der Waals surface area contributed by atoms with Gasteiger partial charge in [-0.05, 0) is 18.2 Å². The average Bonchev–Trinajstić information content (AvgIpc) is 2.73. The molecule has 2 rings (SSSR count). The van der Waals surface area contributed by atoms with E-state index < -0.39 is 0 Å². The van der Waals surface area contributed by atoms with Gasteiger partial charge in [0.05, 0.1) is 5.56 Å². The Kier molecular flexibility index (Phi) is 4.31. The first-order valence-corrected chi connectivity index (χ1v) is 6.02. The lowest BCUT2D eigenvalue weighted by Crippen LogP contribution is -2.17. The molecule has 0 aliphatic heterocycles. The first-order valence-electron chi connectivity index (χ1n) is 5.14. The van der Waals surface area contributed by atoms with Crippen LogP contribution in [0.25, 0.3) is 10.1 Å². The van der Waals surface area contributed by atoms with Crippen LogP contribution < -0.4 is 5.32 Å². The van der Waals surface area contributed by atoms with Gasteiger partial charge in [-0.3, -0.25) is 4.79 Å². The third kappa shape index (κ3) is 2.33. The number of thiophene rings is 1. The van der Waals surface area contributed by atoms with E-state index in [1.807, 2.05) is 19.9 Å². The van der Waals surface area contributed by atoms with Gasteiger partial charge in [0.25, 0.3) is 5.91 Å². The molecule has 4 heteroatoms. The van der Waals surface area contributed by atoms with Crippen LogP contribution >= 0.6 is 11.3 Å². The molecule has 2 aromatic rings. The lowest BCUT2D eigenvalue weighted by Gasteiger charge is -1.97. The third-order valence-electron chi connectivity index (χ3n) is 2.03. The number of hydrogen-bond donors (Lipinski definition) is 2. The van der Waals surface area contributed by atoms with E-state index >= 15 is 0 Å². The molecule has 86 valence electrons. The Morgan fingerprint density at radius 3 is 2.69 bits per heavy atom. The Morgan fingerprint density at radius 1 is 1.38 bits per heavy atom. The summed E-state index contributed by atoms with van der Waals surface area (Å²) in [4.78, 5) is 11.4. The molecule has 0 aliphatic rings. The second-order valence-corrected chi connectivity index (χ2v) is 3.82. The lowest BCUT2D eigenvalue weighted by atomic mass is 10.1. The highest BCUT2D eigenvalue weighted by Gasteiger charge is 2.10. The number of benzene rings is 1. The summed E-state index contributed by atoms with van der Waals surface area (Å²) in [7, 11) is 1.59. The molecule has 0 spiro atoms. The molecule has 0 aliphatic carbocycles. The van der Waals surface area contributed by atoms with Crippen LogP contribution in [-0.2, 0) is 0 Å². The summed E-state index contributed by atoms with van der Waals surface area (Å²) in [5, 5.41) is 14.5. The van der Waals surface area contributed by atoms with Crippen molar-refractivity contribution in [2.45, 2.75) is 13.8 Å². The van der Waals surface area contributed by atoms with Gasteiger partial charge in [-0.15, -0.1) is 11.3 Å². The van der Waals surface area contributed by atoms with E-state index in [9.17, 15) is 9.90 Å². The number of carbonyl (C=O) groups is 1. The number of hydrogen-bond acceptors (Lipinski definition) is 3. The topological polar surface area (TPSA) is 49.3 Å². The standard InChI is InChI=1S/C10H9NO2S.C2H6/c1-11-10(13)8-5-14-9-3-2-6(12)4-7(8)9;1-2/h2-5,12H,1H3,(H,11,13);1-2H3. The van der Waals surface area contributed by atoms with Crippen LogP contribution in [0.4, 0.5) is 0 Å². The molecule has 3 nitrogen and oxygen atoms in total. The summed E-state index contributed by atoms with van der Waals surface area (Å²) in [5.41, 5.74) is 0.614. The van der Waals surface area contributed by atoms with E-state index in [-0.39, 0.29) is 11.7 Å². The molecule has 2 N–H and O–H groups in total. The number of phenols is 1. The van der Waals surface area contributed by atoms with Crippen molar-refractivity contribution < 1.29 is 9.90 Å². The zero-order valence-electron chi connectivity index (χ0n) is 9.57. The van der Waals surface area contributed by atoms with Crippen LogP contribution in [0.3, 0.4) is 0 Å². The maximum absolute atomic E-state index is 11.4. The SMILES string of the molecule is CC.CNC(=O)c1csc2ccc(O)cc12. The number of rotatable bonds is 1. The molecule has 1 heterocycles. The monoisotopic (exact) mass is 237 g/mol. The summed E-state index contributed by atoms with van der Waals surface area (Å²) in [5.74, 6) is 0.0582. The van der Waals surface area contributed by atoms with Crippen molar-refractivity contribution in [3.8, 4) is 5.75 Å². The van der Waals surface area contributed by atoms with Crippen LogP contribution in [0.15, 0.2) is 23.6 Å². The van der Waals surface area contributed by atoms with Gasteiger partial charge in [0.1, 0.15) is 5.75 Å². The number of nitrogens with one attached hydrogen (secondary N) is 1. The van der Waals surface area contributed by atoms with E-state index in [1.54, 1.807) is 24.6 Å². The second-order valence-electron chi connectivity index (χ2n) is 2.91. The number of phenolic OH excluding ortho intramolecular Hbond substituents is 1. The van der Waals surface area contributed by atoms with Crippen molar-refractivity contribution in [3.63, 3.8) is 0 Å². The lowest BCUT2D eigenvalue weighted by molar-refractivity contribution is 0.0965. The van der Waals surface area contributed by atoms with Crippen LogP contribution in [0.2, 0.25) is 0 Å². The Labute approximate surface area is 98.7 Å². The quantitative estimate of drug-likeness (QED) is 0.801. The fourth-order valence-electron chi connectivity index (χ4n) is 1.33. The molecule has 16 heavy (non-hydrogen) atoms. The van der Waals surface area contributed by atoms with Gasteiger partial charge in [-0.1, -0.05) is 13.8 Å². The van der Waals surface area contributed by atoms with Crippen molar-refractivity contribution >= 4 is 27.3 Å². The second kappa shape index (κ2) is 5.51. The van der Waals surface area contributed by atoms with Crippen molar-refractivity contribution in [3.05, 3.63) is 29.1 Å². The third-order valence-corrected chi connectivity index (χ3v) is 2.99. The summed E-state index contributed by atoms with van der Waals surface area (Å²) in [6.45, 7) is 4.00. The summed E-state index contributed by atoms with van der Waals surface area (Å²) >= 11 is 1.49.